The molecule has 0 spiro atoms. The lowest BCUT2D eigenvalue weighted by Crippen LogP contribution is -2.28. The number of unbranched alkanes of at least 4 members (excludes halogenated alkanes) is 6. The third-order valence-corrected chi connectivity index (χ3v) is 4.99. The van der Waals surface area contributed by atoms with Gasteiger partial charge in [0.05, 0.1) is 0 Å². The van der Waals surface area contributed by atoms with E-state index in [1.54, 1.807) is 0 Å². The number of rotatable bonds is 10. The van der Waals surface area contributed by atoms with Crippen LogP contribution < -0.4 is 5.32 Å². The third kappa shape index (κ3) is 8.96. The van der Waals surface area contributed by atoms with Crippen molar-refractivity contribution in [2.75, 3.05) is 24.6 Å². The molecule has 0 amide bonds. The maximum Gasteiger partial charge on any atom is -0.00382 e. The smallest absolute Gasteiger partial charge is 0.00382 e. The Morgan fingerprint density at radius 1 is 0.941 bits per heavy atom. The molecule has 0 aromatic heterocycles. The number of hydrogen-bond donors (Lipinski definition) is 1. The SMILES string of the molecule is CCCCCCCCCSCC1CCNCC1. The van der Waals surface area contributed by atoms with Gasteiger partial charge in [-0.25, -0.2) is 0 Å². The Balaban J connectivity index is 1.75. The molecule has 1 aliphatic heterocycles. The van der Waals surface area contributed by atoms with Crippen LogP contribution >= 0.6 is 11.8 Å². The first-order valence-corrected chi connectivity index (χ1v) is 8.87. The molecule has 17 heavy (non-hydrogen) atoms. The van der Waals surface area contributed by atoms with Crippen molar-refractivity contribution in [3.8, 4) is 0 Å². The second-order valence-electron chi connectivity index (χ2n) is 5.39. The molecular formula is C15H31NS. The Morgan fingerprint density at radius 2 is 1.59 bits per heavy atom. The topological polar surface area (TPSA) is 12.0 Å². The Hall–Kier alpha value is 0.310. The molecule has 1 fully saturated rings. The maximum atomic E-state index is 3.44. The summed E-state index contributed by atoms with van der Waals surface area (Å²) in [4.78, 5) is 0. The molecular weight excluding hydrogens is 226 g/mol. The van der Waals surface area contributed by atoms with E-state index in [4.69, 9.17) is 0 Å². The fourth-order valence-corrected chi connectivity index (χ4v) is 3.70. The second-order valence-corrected chi connectivity index (χ2v) is 6.54. The molecule has 0 unspecified atom stereocenters. The highest BCUT2D eigenvalue weighted by Gasteiger charge is 2.12. The van der Waals surface area contributed by atoms with Crippen LogP contribution in [0.4, 0.5) is 0 Å². The molecule has 0 bridgehead atoms. The van der Waals surface area contributed by atoms with Gasteiger partial charge in [0.25, 0.3) is 0 Å². The van der Waals surface area contributed by atoms with Gasteiger partial charge in [-0.05, 0) is 49.8 Å². The average molecular weight is 257 g/mol. The average Bonchev–Trinajstić information content (AvgIpc) is 2.38. The van der Waals surface area contributed by atoms with Gasteiger partial charge in [-0.2, -0.15) is 11.8 Å². The summed E-state index contributed by atoms with van der Waals surface area (Å²) in [6.45, 7) is 4.79. The lowest BCUT2D eigenvalue weighted by molar-refractivity contribution is 0.408. The van der Waals surface area contributed by atoms with Gasteiger partial charge in [-0.15, -0.1) is 0 Å². The molecule has 1 rings (SSSR count). The molecule has 0 aliphatic carbocycles. The number of thioether (sulfide) groups is 1. The maximum absolute atomic E-state index is 3.44. The molecule has 0 aromatic rings. The summed E-state index contributed by atoms with van der Waals surface area (Å²) in [5.74, 6) is 3.82. The predicted molar refractivity (Wildman–Crippen MR) is 80.9 cm³/mol. The van der Waals surface area contributed by atoms with Crippen LogP contribution in [-0.2, 0) is 0 Å². The summed E-state index contributed by atoms with van der Waals surface area (Å²) in [5, 5.41) is 3.44. The van der Waals surface area contributed by atoms with E-state index in [0.29, 0.717) is 0 Å². The van der Waals surface area contributed by atoms with Crippen molar-refractivity contribution in [3.63, 3.8) is 0 Å². The first-order valence-electron chi connectivity index (χ1n) is 7.72. The minimum Gasteiger partial charge on any atom is -0.317 e. The molecule has 1 heterocycles. The molecule has 1 N–H and O–H groups in total. The van der Waals surface area contributed by atoms with Gasteiger partial charge in [0.1, 0.15) is 0 Å². The highest BCUT2D eigenvalue weighted by atomic mass is 32.2. The summed E-state index contributed by atoms with van der Waals surface area (Å²) in [6.07, 6.45) is 12.9. The highest BCUT2D eigenvalue weighted by Crippen LogP contribution is 2.19. The summed E-state index contributed by atoms with van der Waals surface area (Å²) in [7, 11) is 0. The van der Waals surface area contributed by atoms with Crippen LogP contribution in [0.25, 0.3) is 0 Å². The summed E-state index contributed by atoms with van der Waals surface area (Å²) >= 11 is 2.20. The number of hydrogen-bond acceptors (Lipinski definition) is 2. The van der Waals surface area contributed by atoms with Crippen LogP contribution in [0.15, 0.2) is 0 Å². The first kappa shape index (κ1) is 15.4. The summed E-state index contributed by atoms with van der Waals surface area (Å²) in [5.41, 5.74) is 0. The Morgan fingerprint density at radius 3 is 2.29 bits per heavy atom. The van der Waals surface area contributed by atoms with Gasteiger partial charge in [0.15, 0.2) is 0 Å². The lowest BCUT2D eigenvalue weighted by Gasteiger charge is -2.21. The van der Waals surface area contributed by atoms with Crippen molar-refractivity contribution >= 4 is 11.8 Å². The van der Waals surface area contributed by atoms with Crippen molar-refractivity contribution in [3.05, 3.63) is 0 Å². The van der Waals surface area contributed by atoms with Gasteiger partial charge in [0.2, 0.25) is 0 Å². The molecule has 1 saturated heterocycles. The van der Waals surface area contributed by atoms with E-state index in [2.05, 4.69) is 24.0 Å². The summed E-state index contributed by atoms with van der Waals surface area (Å²) in [6, 6.07) is 0. The quantitative estimate of drug-likeness (QED) is 0.580. The van der Waals surface area contributed by atoms with Gasteiger partial charge >= 0.3 is 0 Å². The van der Waals surface area contributed by atoms with Gasteiger partial charge in [-0.3, -0.25) is 0 Å². The molecule has 0 aromatic carbocycles. The van der Waals surface area contributed by atoms with Gasteiger partial charge < -0.3 is 5.32 Å². The van der Waals surface area contributed by atoms with Crippen molar-refractivity contribution in [1.82, 2.24) is 5.32 Å². The van der Waals surface area contributed by atoms with E-state index in [1.807, 2.05) is 0 Å². The monoisotopic (exact) mass is 257 g/mol. The molecule has 1 aliphatic rings. The normalized spacial score (nSPS) is 17.5. The van der Waals surface area contributed by atoms with E-state index in [9.17, 15) is 0 Å². The zero-order valence-corrected chi connectivity index (χ0v) is 12.5. The van der Waals surface area contributed by atoms with Crippen LogP contribution in [0.1, 0.15) is 64.7 Å². The van der Waals surface area contributed by atoms with Crippen LogP contribution in [0.5, 0.6) is 0 Å². The van der Waals surface area contributed by atoms with Crippen LogP contribution in [0.3, 0.4) is 0 Å². The van der Waals surface area contributed by atoms with E-state index in [-0.39, 0.29) is 0 Å². The molecule has 0 atom stereocenters. The fourth-order valence-electron chi connectivity index (χ4n) is 2.46. The Bertz CT molecular complexity index is 155. The molecule has 1 nitrogen and oxygen atoms in total. The van der Waals surface area contributed by atoms with E-state index >= 15 is 0 Å². The lowest BCUT2D eigenvalue weighted by atomic mass is 10.0. The number of piperidine rings is 1. The Kier molecular flexibility index (Phi) is 10.3. The van der Waals surface area contributed by atoms with Crippen LogP contribution in [-0.4, -0.2) is 24.6 Å². The van der Waals surface area contributed by atoms with Crippen LogP contribution in [0.2, 0.25) is 0 Å². The fraction of sp³-hybridized carbons (Fsp3) is 1.00. The zero-order chi connectivity index (χ0) is 12.2. The minimum atomic E-state index is 1.01. The Labute approximate surface area is 113 Å². The van der Waals surface area contributed by atoms with Gasteiger partial charge in [0, 0.05) is 0 Å². The molecule has 2 heteroatoms. The van der Waals surface area contributed by atoms with E-state index in [0.717, 1.165) is 5.92 Å². The largest absolute Gasteiger partial charge is 0.317 e. The third-order valence-electron chi connectivity index (χ3n) is 3.70. The second kappa shape index (κ2) is 11.4. The van der Waals surface area contributed by atoms with Crippen molar-refractivity contribution in [2.45, 2.75) is 64.7 Å². The van der Waals surface area contributed by atoms with Crippen molar-refractivity contribution in [2.24, 2.45) is 5.92 Å². The van der Waals surface area contributed by atoms with Crippen molar-refractivity contribution < 1.29 is 0 Å². The van der Waals surface area contributed by atoms with Crippen molar-refractivity contribution in [1.29, 1.82) is 0 Å². The number of nitrogens with one attached hydrogen (secondary N) is 1. The predicted octanol–water partition coefficient (Wildman–Crippen LogP) is 4.47. The molecule has 0 saturated carbocycles. The molecule has 102 valence electrons. The first-order chi connectivity index (χ1) is 8.43. The standard InChI is InChI=1S/C15H31NS/c1-2-3-4-5-6-7-8-13-17-14-15-9-11-16-12-10-15/h15-16H,2-14H2,1H3. The van der Waals surface area contributed by atoms with E-state index < -0.39 is 0 Å². The molecule has 0 radical (unpaired) electrons. The minimum absolute atomic E-state index is 1.01. The zero-order valence-electron chi connectivity index (χ0n) is 11.7. The highest BCUT2D eigenvalue weighted by molar-refractivity contribution is 7.99. The van der Waals surface area contributed by atoms with Gasteiger partial charge in [-0.1, -0.05) is 45.4 Å². The summed E-state index contributed by atoms with van der Waals surface area (Å²) < 4.78 is 0. The van der Waals surface area contributed by atoms with E-state index in [1.165, 1.54) is 82.4 Å². The van der Waals surface area contributed by atoms with Crippen LogP contribution in [0, 0.1) is 5.92 Å².